The lowest BCUT2D eigenvalue weighted by Gasteiger charge is -2.41. The third kappa shape index (κ3) is 23.5. The van der Waals surface area contributed by atoms with Gasteiger partial charge in [-0.1, -0.05) is 125 Å². The molecule has 2 saturated heterocycles. The second-order valence-corrected chi connectivity index (χ2v) is 27.2. The maximum Gasteiger partial charge on any atom is 0.410 e. The molecule has 2 heterocycles. The molecule has 0 bridgehead atoms. The van der Waals surface area contributed by atoms with Crippen LogP contribution in [0.1, 0.15) is 177 Å². The van der Waals surface area contributed by atoms with Gasteiger partial charge < -0.3 is 61.0 Å². The average Bonchev–Trinajstić information content (AvgIpc) is 1.78. The third-order valence-corrected chi connectivity index (χ3v) is 19.0. The van der Waals surface area contributed by atoms with Crippen molar-refractivity contribution in [1.82, 2.24) is 35.6 Å². The van der Waals surface area contributed by atoms with E-state index in [0.717, 1.165) is 0 Å². The summed E-state index contributed by atoms with van der Waals surface area (Å²) in [5, 5.41) is 22.1. The van der Waals surface area contributed by atoms with Gasteiger partial charge in [-0.05, 0) is 92.4 Å². The average molecular weight is 1330 g/mol. The highest BCUT2D eigenvalue weighted by atomic mass is 16.6. The highest BCUT2D eigenvalue weighted by Gasteiger charge is 2.44. The highest BCUT2D eigenvalue weighted by molar-refractivity contribution is 6.03. The minimum absolute atomic E-state index is 0.0691. The number of imide groups is 1. The molecular weight excluding hydrogens is 1220 g/mol. The molecule has 24 nitrogen and oxygen atoms in total. The summed E-state index contributed by atoms with van der Waals surface area (Å²) >= 11 is 0. The number of carbonyl (C=O) groups excluding carboxylic acids is 11. The smallest absolute Gasteiger partial charge is 0.410 e. The fourth-order valence-electron chi connectivity index (χ4n) is 13.1. The zero-order valence-corrected chi connectivity index (χ0v) is 59.0. The summed E-state index contributed by atoms with van der Waals surface area (Å²) in [6, 6.07) is 11.4. The van der Waals surface area contributed by atoms with Gasteiger partial charge in [0.25, 0.3) is 0 Å². The van der Waals surface area contributed by atoms with Crippen molar-refractivity contribution in [2.45, 2.75) is 215 Å². The van der Waals surface area contributed by atoms with E-state index in [0.29, 0.717) is 74.8 Å². The van der Waals surface area contributed by atoms with Crippen molar-refractivity contribution in [1.29, 1.82) is 0 Å². The summed E-state index contributed by atoms with van der Waals surface area (Å²) in [6.45, 7) is 20.9. The first-order valence-electron chi connectivity index (χ1n) is 34.1. The van der Waals surface area contributed by atoms with E-state index >= 15 is 0 Å². The van der Waals surface area contributed by atoms with Crippen molar-refractivity contribution in [3.63, 3.8) is 0 Å². The number of ketones is 2. The normalized spacial score (nSPS) is 18.4. The van der Waals surface area contributed by atoms with Gasteiger partial charge in [0.1, 0.15) is 6.61 Å². The van der Waals surface area contributed by atoms with E-state index in [9.17, 15) is 57.8 Å². The van der Waals surface area contributed by atoms with Crippen molar-refractivity contribution in [3.8, 4) is 0 Å². The molecule has 2 aliphatic rings. The predicted molar refractivity (Wildman–Crippen MR) is 360 cm³/mol. The number of benzene rings is 2. The number of amides is 10. The summed E-state index contributed by atoms with van der Waals surface area (Å²) in [5.74, 6) is -6.50. The zero-order chi connectivity index (χ0) is 71.0. The number of anilines is 1. The molecule has 4 rings (SSSR count). The Hall–Kier alpha value is -7.31. The lowest BCUT2D eigenvalue weighted by atomic mass is 9.83. The van der Waals surface area contributed by atoms with Gasteiger partial charge in [-0.25, -0.2) is 9.59 Å². The van der Waals surface area contributed by atoms with Crippen LogP contribution in [0.2, 0.25) is 0 Å². The van der Waals surface area contributed by atoms with Crippen LogP contribution in [0.3, 0.4) is 0 Å². The lowest BCUT2D eigenvalue weighted by Crippen LogP contribution is -2.55. The quantitative estimate of drug-likeness (QED) is 0.0275. The van der Waals surface area contributed by atoms with Crippen molar-refractivity contribution in [2.75, 3.05) is 53.3 Å². The summed E-state index contributed by atoms with van der Waals surface area (Å²) in [4.78, 5) is 154. The number of nitrogens with one attached hydrogen (secondary N) is 4. The van der Waals surface area contributed by atoms with Gasteiger partial charge in [-0.3, -0.25) is 48.1 Å². The van der Waals surface area contributed by atoms with E-state index in [1.165, 1.54) is 31.1 Å². The van der Waals surface area contributed by atoms with Gasteiger partial charge in [-0.15, -0.1) is 0 Å². The van der Waals surface area contributed by atoms with Gasteiger partial charge in [0, 0.05) is 97.1 Å². The molecule has 2 aliphatic heterocycles. The number of aliphatic hydroxyl groups is 1. The van der Waals surface area contributed by atoms with Crippen LogP contribution in [-0.4, -0.2) is 180 Å². The summed E-state index contributed by atoms with van der Waals surface area (Å²) in [7, 11) is 6.20. The Morgan fingerprint density at radius 2 is 1.42 bits per heavy atom. The topological polar surface area (TPSA) is 323 Å². The van der Waals surface area contributed by atoms with E-state index in [4.69, 9.17) is 19.9 Å². The lowest BCUT2D eigenvalue weighted by molar-refractivity contribution is -0.149. The molecule has 0 aliphatic carbocycles. The Morgan fingerprint density at radius 1 is 0.758 bits per heavy atom. The Kier molecular flexibility index (Phi) is 32.9. The molecule has 2 aromatic rings. The Morgan fingerprint density at radius 3 is 1.99 bits per heavy atom. The Labute approximate surface area is 562 Å². The van der Waals surface area contributed by atoms with Crippen LogP contribution in [0.5, 0.6) is 0 Å². The van der Waals surface area contributed by atoms with E-state index < -0.39 is 84.3 Å². The number of methoxy groups -OCH3 is 2. The second kappa shape index (κ2) is 39.0. The molecule has 530 valence electrons. The number of carbonyl (C=O) groups is 11. The Bertz CT molecular complexity index is 2870. The van der Waals surface area contributed by atoms with Crippen LogP contribution in [0.4, 0.5) is 15.3 Å². The Balaban J connectivity index is 1.37. The number of nitrogens with two attached hydrogens (primary N) is 1. The SMILES string of the molecule is CC[C@H](C)[C@@H]([C@@H](CC(=O)N1CCC[C@H]1[C@H](OC)[C@@H](C)C(=O)NC(C)[C@@H](O)c1ccccc1)OC)N(C)C(=O)[C@@H](CC(=O)[C@H](C(C)C)N(C)C(=O)OCc1ccc(NC(=O)[C@H](CCCNC(N)=O)CC(=O)[C@@H](NC(=O)CCCCCN2C(=O)CC(C)C2=O)C(C)C)cc1)C(C)C. The number of urea groups is 1. The first-order valence-corrected chi connectivity index (χ1v) is 34.1. The van der Waals surface area contributed by atoms with Gasteiger partial charge >= 0.3 is 12.1 Å². The molecule has 95 heavy (non-hydrogen) atoms. The van der Waals surface area contributed by atoms with E-state index in [1.54, 1.807) is 87.9 Å². The molecule has 2 fully saturated rings. The number of rotatable bonds is 40. The van der Waals surface area contributed by atoms with Gasteiger partial charge in [0.05, 0.1) is 60.9 Å². The van der Waals surface area contributed by atoms with E-state index in [1.807, 2.05) is 59.7 Å². The second-order valence-electron chi connectivity index (χ2n) is 27.2. The number of ether oxygens (including phenoxy) is 3. The molecule has 7 N–H and O–H groups in total. The molecule has 13 atom stereocenters. The molecular formula is C71H111N9O15. The van der Waals surface area contributed by atoms with Crippen LogP contribution in [-0.2, 0) is 64.0 Å². The van der Waals surface area contributed by atoms with Crippen molar-refractivity contribution in [2.24, 2.45) is 53.1 Å². The molecule has 0 aromatic heterocycles. The summed E-state index contributed by atoms with van der Waals surface area (Å²) in [6.07, 6.45) is 0.842. The molecule has 2 unspecified atom stereocenters. The number of Topliss-reactive ketones (excluding diaryl/α,β-unsaturated/α-hetero) is 2. The van der Waals surface area contributed by atoms with Crippen LogP contribution in [0.25, 0.3) is 0 Å². The first-order chi connectivity index (χ1) is 44.9. The molecule has 0 radical (unpaired) electrons. The molecule has 10 amide bonds. The number of unbranched alkanes of at least 4 members (excludes halogenated alkanes) is 2. The first kappa shape index (κ1) is 80.1. The summed E-state index contributed by atoms with van der Waals surface area (Å²) < 4.78 is 17.8. The van der Waals surface area contributed by atoms with E-state index in [2.05, 4.69) is 21.3 Å². The number of likely N-dealkylation sites (tertiary alicyclic amines) is 2. The summed E-state index contributed by atoms with van der Waals surface area (Å²) in [5.41, 5.74) is 6.89. The third-order valence-electron chi connectivity index (χ3n) is 19.0. The largest absolute Gasteiger partial charge is 0.445 e. The zero-order valence-electron chi connectivity index (χ0n) is 59.0. The van der Waals surface area contributed by atoms with Crippen LogP contribution < -0.4 is 27.0 Å². The van der Waals surface area contributed by atoms with E-state index in [-0.39, 0.29) is 128 Å². The molecule has 24 heteroatoms. The van der Waals surface area contributed by atoms with Crippen molar-refractivity contribution >= 4 is 70.7 Å². The number of aliphatic hydroxyl groups excluding tert-OH is 1. The fraction of sp³-hybridized carbons (Fsp3) is 0.676. The van der Waals surface area contributed by atoms with Crippen LogP contribution >= 0.6 is 0 Å². The minimum atomic E-state index is -0.969. The molecule has 2 aromatic carbocycles. The molecule has 0 saturated carbocycles. The van der Waals surface area contributed by atoms with Gasteiger partial charge in [-0.2, -0.15) is 0 Å². The monoisotopic (exact) mass is 1330 g/mol. The van der Waals surface area contributed by atoms with Crippen molar-refractivity contribution < 1.29 is 72.1 Å². The number of primary amides is 1. The maximum atomic E-state index is 14.9. The van der Waals surface area contributed by atoms with Gasteiger partial charge in [0.15, 0.2) is 11.6 Å². The maximum absolute atomic E-state index is 14.9. The predicted octanol–water partition coefficient (Wildman–Crippen LogP) is 7.73. The number of hydrogen-bond acceptors (Lipinski definition) is 15. The van der Waals surface area contributed by atoms with Crippen LogP contribution in [0.15, 0.2) is 54.6 Å². The fourth-order valence-corrected chi connectivity index (χ4v) is 13.1. The minimum Gasteiger partial charge on any atom is -0.445 e. The van der Waals surface area contributed by atoms with Crippen LogP contribution in [0, 0.1) is 47.3 Å². The number of likely N-dealkylation sites (N-methyl/N-ethyl adjacent to an activating group) is 2. The molecule has 0 spiro atoms. The van der Waals surface area contributed by atoms with Gasteiger partial charge in [0.2, 0.25) is 41.4 Å². The van der Waals surface area contributed by atoms with Crippen molar-refractivity contribution in [3.05, 3.63) is 65.7 Å². The standard InChI is InChI=1S/C71H111N9O15/c1-16-45(8)63(57(93-14)40-60(85)79-36-24-28-54(79)65(94-15)47(10)66(87)74-48(11)64(86)50-25-19-17-20-26-50)77(12)69(90)53(42(2)3)39-56(82)62(44(6)7)78(13)71(92)95-41-49-30-32-52(33-31-49)75-67(88)51(27-23-34-73-70(72)91)38-55(81)61(43(4)5)76-58(83)29-21-18-22-35-80-59(84)37-46(9)68(80)89/h17,19-20,25-26,30-33,42-48,51,53-54,57,61-65,86H,16,18,21-24,27-29,34-41H2,1-15H3,(H,74,87)(H,75,88)(H,76,83)(H3,72,73,91)/t45-,46?,47+,48?,51+,53-,54-,57+,61-,62-,63-,64+,65+/m0/s1. The number of hydrogen-bond donors (Lipinski definition) is 6. The highest BCUT2D eigenvalue weighted by Crippen LogP contribution is 2.32. The number of nitrogens with zero attached hydrogens (tertiary/aromatic N) is 4.